The third kappa shape index (κ3) is 8.06. The van der Waals surface area contributed by atoms with Crippen LogP contribution in [0.2, 0.25) is 0 Å². The zero-order valence-electron chi connectivity index (χ0n) is 12.3. The Morgan fingerprint density at radius 3 is 2.19 bits per heavy atom. The van der Waals surface area contributed by atoms with E-state index in [0.717, 1.165) is 12.8 Å². The number of hydrogen-bond donors (Lipinski definition) is 3. The van der Waals surface area contributed by atoms with Gasteiger partial charge in [0.2, 0.25) is 0 Å². The maximum atomic E-state index is 11.6. The van der Waals surface area contributed by atoms with E-state index in [1.54, 1.807) is 12.1 Å². The normalized spacial score (nSPS) is 11.0. The maximum Gasteiger partial charge on any atom is 0.339 e. The van der Waals surface area contributed by atoms with Crippen LogP contribution in [-0.2, 0) is 4.74 Å². The molecule has 1 rings (SSSR count). The molecule has 0 bridgehead atoms. The Labute approximate surface area is 124 Å². The van der Waals surface area contributed by atoms with Crippen LogP contribution in [0.15, 0.2) is 24.3 Å². The first kappa shape index (κ1) is 19.1. The zero-order valence-corrected chi connectivity index (χ0v) is 12.3. The second kappa shape index (κ2) is 10.8. The fourth-order valence-corrected chi connectivity index (χ4v) is 1.23. The molecule has 118 valence electrons. The molecule has 0 saturated carbocycles. The topological polar surface area (TPSA) is 104 Å². The second-order valence-electron chi connectivity index (χ2n) is 4.37. The van der Waals surface area contributed by atoms with Crippen LogP contribution in [0.25, 0.3) is 0 Å². The summed E-state index contributed by atoms with van der Waals surface area (Å²) in [5.74, 6) is -1.70. The van der Waals surface area contributed by atoms with Gasteiger partial charge in [-0.2, -0.15) is 0 Å². The van der Waals surface area contributed by atoms with E-state index >= 15 is 0 Å². The van der Waals surface area contributed by atoms with Gasteiger partial charge in [0, 0.05) is 0 Å². The van der Waals surface area contributed by atoms with Crippen LogP contribution >= 0.6 is 0 Å². The van der Waals surface area contributed by atoms with Gasteiger partial charge in [0.1, 0.15) is 0 Å². The van der Waals surface area contributed by atoms with E-state index in [2.05, 4.69) is 0 Å². The highest BCUT2D eigenvalue weighted by molar-refractivity contribution is 6.02. The Hall–Kier alpha value is -1.92. The number of aliphatic hydroxyl groups is 2. The number of aromatic carboxylic acids is 1. The van der Waals surface area contributed by atoms with Crippen molar-refractivity contribution in [1.29, 1.82) is 0 Å². The van der Waals surface area contributed by atoms with Crippen LogP contribution in [0, 0.1) is 0 Å². The molecule has 0 saturated heterocycles. The second-order valence-corrected chi connectivity index (χ2v) is 4.37. The first-order valence-electron chi connectivity index (χ1n) is 6.72. The molecule has 0 aromatic heterocycles. The van der Waals surface area contributed by atoms with E-state index in [-0.39, 0.29) is 17.7 Å². The fraction of sp³-hybridized carbons (Fsp3) is 0.467. The summed E-state index contributed by atoms with van der Waals surface area (Å²) in [6, 6.07) is 6.03. The number of benzene rings is 1. The number of carboxylic acid groups (broad SMARTS) is 1. The lowest BCUT2D eigenvalue weighted by atomic mass is 10.1. The molecular formula is C15H22O6. The van der Waals surface area contributed by atoms with Gasteiger partial charge in [-0.25, -0.2) is 9.59 Å². The van der Waals surface area contributed by atoms with Crippen LogP contribution in [0.4, 0.5) is 0 Å². The number of carboxylic acids is 1. The van der Waals surface area contributed by atoms with Gasteiger partial charge in [0.25, 0.3) is 0 Å². The average molecular weight is 298 g/mol. The highest BCUT2D eigenvalue weighted by atomic mass is 16.5. The lowest BCUT2D eigenvalue weighted by Gasteiger charge is -2.06. The number of carbonyl (C=O) groups is 2. The average Bonchev–Trinajstić information content (AvgIpc) is 2.47. The molecule has 0 spiro atoms. The maximum absolute atomic E-state index is 11.6. The molecule has 6 nitrogen and oxygen atoms in total. The van der Waals surface area contributed by atoms with Gasteiger partial charge in [0.05, 0.1) is 30.4 Å². The molecule has 6 heteroatoms. The molecule has 1 atom stereocenters. The molecule has 1 aromatic rings. The predicted molar refractivity (Wildman–Crippen MR) is 77.4 cm³/mol. The molecule has 0 fully saturated rings. The highest BCUT2D eigenvalue weighted by Gasteiger charge is 2.16. The van der Waals surface area contributed by atoms with Crippen LogP contribution in [-0.4, -0.2) is 46.6 Å². The molecule has 0 amide bonds. The Kier molecular flexibility index (Phi) is 9.83. The molecule has 3 N–H and O–H groups in total. The molecule has 0 aliphatic heterocycles. The van der Waals surface area contributed by atoms with Gasteiger partial charge in [-0.1, -0.05) is 25.5 Å². The minimum atomic E-state index is -1.12. The molecular weight excluding hydrogens is 276 g/mol. The van der Waals surface area contributed by atoms with Crippen LogP contribution in [0.5, 0.6) is 0 Å². The number of aliphatic hydroxyl groups excluding tert-OH is 2. The van der Waals surface area contributed by atoms with Crippen molar-refractivity contribution in [2.75, 3.05) is 13.2 Å². The lowest BCUT2D eigenvalue weighted by Crippen LogP contribution is -2.12. The van der Waals surface area contributed by atoms with E-state index in [4.69, 9.17) is 20.1 Å². The van der Waals surface area contributed by atoms with Gasteiger partial charge < -0.3 is 20.1 Å². The van der Waals surface area contributed by atoms with Crippen LogP contribution in [0.1, 0.15) is 47.4 Å². The van der Waals surface area contributed by atoms with Gasteiger partial charge in [-0.15, -0.1) is 0 Å². The van der Waals surface area contributed by atoms with Crippen molar-refractivity contribution in [3.63, 3.8) is 0 Å². The number of hydrogen-bond acceptors (Lipinski definition) is 5. The van der Waals surface area contributed by atoms with E-state index in [9.17, 15) is 9.59 Å². The zero-order chi connectivity index (χ0) is 16.3. The summed E-state index contributed by atoms with van der Waals surface area (Å²) in [6.45, 7) is 3.70. The molecule has 0 aliphatic rings. The van der Waals surface area contributed by atoms with Crippen molar-refractivity contribution in [2.24, 2.45) is 0 Å². The molecule has 1 aromatic carbocycles. The Morgan fingerprint density at radius 1 is 1.24 bits per heavy atom. The summed E-state index contributed by atoms with van der Waals surface area (Å²) in [6.07, 6.45) is 1.14. The Bertz CT molecular complexity index is 442. The van der Waals surface area contributed by atoms with E-state index in [1.165, 1.54) is 19.1 Å². The first-order chi connectivity index (χ1) is 9.93. The van der Waals surface area contributed by atoms with Crippen LogP contribution in [0.3, 0.4) is 0 Å². The summed E-state index contributed by atoms with van der Waals surface area (Å²) < 4.78 is 4.96. The molecule has 21 heavy (non-hydrogen) atoms. The minimum absolute atomic E-state index is 0.0241. The van der Waals surface area contributed by atoms with E-state index in [1.807, 2.05) is 6.92 Å². The molecule has 1 unspecified atom stereocenters. The summed E-state index contributed by atoms with van der Waals surface area (Å²) in [4.78, 5) is 22.4. The van der Waals surface area contributed by atoms with Crippen molar-refractivity contribution in [2.45, 2.75) is 32.8 Å². The van der Waals surface area contributed by atoms with E-state index < -0.39 is 18.0 Å². The summed E-state index contributed by atoms with van der Waals surface area (Å²) in [5, 5.41) is 24.9. The number of ether oxygens (including phenoxy) is 1. The molecule has 0 radical (unpaired) electrons. The summed E-state index contributed by atoms with van der Waals surface area (Å²) in [7, 11) is 0. The SMILES string of the molecule is CC(O)CO.CCCCOC(=O)c1ccccc1C(=O)O. The Balaban J connectivity index is 0.000000690. The third-order valence-electron chi connectivity index (χ3n) is 2.37. The monoisotopic (exact) mass is 298 g/mol. The largest absolute Gasteiger partial charge is 0.478 e. The van der Waals surface area contributed by atoms with Crippen molar-refractivity contribution in [3.05, 3.63) is 35.4 Å². The lowest BCUT2D eigenvalue weighted by molar-refractivity contribution is 0.0489. The van der Waals surface area contributed by atoms with Gasteiger partial charge in [-0.05, 0) is 25.5 Å². The molecule has 0 aliphatic carbocycles. The third-order valence-corrected chi connectivity index (χ3v) is 2.37. The summed E-state index contributed by atoms with van der Waals surface area (Å²) in [5.41, 5.74) is 0.0788. The fourth-order valence-electron chi connectivity index (χ4n) is 1.23. The van der Waals surface area contributed by atoms with Crippen molar-refractivity contribution in [3.8, 4) is 0 Å². The van der Waals surface area contributed by atoms with Crippen molar-refractivity contribution >= 4 is 11.9 Å². The number of esters is 1. The van der Waals surface area contributed by atoms with Gasteiger partial charge in [0.15, 0.2) is 0 Å². The van der Waals surface area contributed by atoms with Crippen molar-refractivity contribution < 1.29 is 29.6 Å². The smallest absolute Gasteiger partial charge is 0.339 e. The predicted octanol–water partition coefficient (Wildman–Crippen LogP) is 1.70. The number of rotatable bonds is 6. The number of unbranched alkanes of at least 4 members (excludes halogenated alkanes) is 1. The first-order valence-corrected chi connectivity index (χ1v) is 6.72. The highest BCUT2D eigenvalue weighted by Crippen LogP contribution is 2.10. The standard InChI is InChI=1S/C12H14O4.C3H8O2/c1-2-3-8-16-12(15)10-7-5-4-6-9(10)11(13)14;1-3(5)2-4/h4-7H,2-3,8H2,1H3,(H,13,14);3-5H,2H2,1H3. The van der Waals surface area contributed by atoms with E-state index in [0.29, 0.717) is 6.61 Å². The van der Waals surface area contributed by atoms with Gasteiger partial charge in [-0.3, -0.25) is 0 Å². The summed E-state index contributed by atoms with van der Waals surface area (Å²) >= 11 is 0. The van der Waals surface area contributed by atoms with Crippen molar-refractivity contribution in [1.82, 2.24) is 0 Å². The number of carbonyl (C=O) groups excluding carboxylic acids is 1. The van der Waals surface area contributed by atoms with Crippen LogP contribution < -0.4 is 0 Å². The Morgan fingerprint density at radius 2 is 1.76 bits per heavy atom. The van der Waals surface area contributed by atoms with Gasteiger partial charge >= 0.3 is 11.9 Å². The minimum Gasteiger partial charge on any atom is -0.478 e. The quantitative estimate of drug-likeness (QED) is 0.545. The molecule has 0 heterocycles.